The van der Waals surface area contributed by atoms with Gasteiger partial charge in [-0.3, -0.25) is 4.79 Å². The average Bonchev–Trinajstić information content (AvgIpc) is 3.23. The lowest BCUT2D eigenvalue weighted by molar-refractivity contribution is 0.0725. The van der Waals surface area contributed by atoms with E-state index in [1.807, 2.05) is 42.5 Å². The van der Waals surface area contributed by atoms with Crippen molar-refractivity contribution >= 4 is 16.8 Å². The van der Waals surface area contributed by atoms with Gasteiger partial charge in [0.25, 0.3) is 5.91 Å². The lowest BCUT2D eigenvalue weighted by Gasteiger charge is -2.20. The summed E-state index contributed by atoms with van der Waals surface area (Å²) < 4.78 is 11.2. The molecule has 1 aliphatic heterocycles. The number of hydrogen-bond donors (Lipinski definition) is 1. The van der Waals surface area contributed by atoms with E-state index < -0.39 is 0 Å². The Labute approximate surface area is 146 Å². The van der Waals surface area contributed by atoms with Gasteiger partial charge < -0.3 is 19.4 Å². The number of aromatic amines is 1. The van der Waals surface area contributed by atoms with E-state index in [1.54, 1.807) is 19.1 Å². The van der Waals surface area contributed by atoms with Crippen molar-refractivity contribution in [2.45, 2.75) is 12.5 Å². The molecule has 4 rings (SSSR count). The third kappa shape index (κ3) is 2.93. The number of nitrogens with zero attached hydrogens (tertiary/aromatic N) is 1. The summed E-state index contributed by atoms with van der Waals surface area (Å²) in [5.74, 6) is 1.65. The van der Waals surface area contributed by atoms with Gasteiger partial charge in [0.05, 0.1) is 13.7 Å². The zero-order chi connectivity index (χ0) is 17.4. The van der Waals surface area contributed by atoms with Crippen LogP contribution in [0.4, 0.5) is 0 Å². The first-order chi connectivity index (χ1) is 12.1. The number of benzene rings is 2. The molecular formula is C20H20N2O3. The summed E-state index contributed by atoms with van der Waals surface area (Å²) in [4.78, 5) is 17.6. The fourth-order valence-electron chi connectivity index (χ4n) is 3.30. The van der Waals surface area contributed by atoms with E-state index in [4.69, 9.17) is 9.47 Å². The number of methoxy groups -OCH3 is 1. The summed E-state index contributed by atoms with van der Waals surface area (Å²) in [5, 5.41) is 0.959. The quantitative estimate of drug-likeness (QED) is 0.796. The summed E-state index contributed by atoms with van der Waals surface area (Å²) in [5.41, 5.74) is 2.69. The van der Waals surface area contributed by atoms with Crippen molar-refractivity contribution in [3.8, 4) is 11.5 Å². The van der Waals surface area contributed by atoms with Crippen molar-refractivity contribution in [3.63, 3.8) is 0 Å². The number of carbonyl (C=O) groups is 1. The summed E-state index contributed by atoms with van der Waals surface area (Å²) in [6.45, 7) is 0.548. The zero-order valence-corrected chi connectivity index (χ0v) is 14.3. The fourth-order valence-corrected chi connectivity index (χ4v) is 3.30. The first-order valence-corrected chi connectivity index (χ1v) is 8.31. The predicted molar refractivity (Wildman–Crippen MR) is 96.4 cm³/mol. The van der Waals surface area contributed by atoms with Gasteiger partial charge in [-0.2, -0.15) is 0 Å². The van der Waals surface area contributed by atoms with Crippen LogP contribution >= 0.6 is 0 Å². The molecular weight excluding hydrogens is 316 g/mol. The minimum atomic E-state index is -0.0466. The molecule has 0 saturated carbocycles. The number of nitrogens with one attached hydrogen (secondary N) is 1. The zero-order valence-electron chi connectivity index (χ0n) is 14.3. The second kappa shape index (κ2) is 6.16. The lowest BCUT2D eigenvalue weighted by Crippen LogP contribution is -2.36. The van der Waals surface area contributed by atoms with Crippen LogP contribution in [0.25, 0.3) is 10.9 Å². The van der Waals surface area contributed by atoms with Crippen LogP contribution in [-0.4, -0.2) is 42.6 Å². The van der Waals surface area contributed by atoms with Crippen LogP contribution in [0.15, 0.2) is 48.5 Å². The number of hydrogen-bond acceptors (Lipinski definition) is 3. The molecule has 5 heteroatoms. The van der Waals surface area contributed by atoms with E-state index in [9.17, 15) is 4.79 Å². The van der Waals surface area contributed by atoms with E-state index in [1.165, 1.54) is 5.56 Å². The number of para-hydroxylation sites is 1. The van der Waals surface area contributed by atoms with Crippen LogP contribution in [0, 0.1) is 0 Å². The molecule has 2 aromatic carbocycles. The first kappa shape index (κ1) is 15.6. The normalized spacial score (nSPS) is 15.7. The molecule has 128 valence electrons. The third-order valence-electron chi connectivity index (χ3n) is 4.60. The van der Waals surface area contributed by atoms with Crippen LogP contribution in [0.3, 0.4) is 0 Å². The van der Waals surface area contributed by atoms with E-state index in [-0.39, 0.29) is 12.0 Å². The second-order valence-corrected chi connectivity index (χ2v) is 6.37. The van der Waals surface area contributed by atoms with Crippen molar-refractivity contribution in [3.05, 3.63) is 59.8 Å². The van der Waals surface area contributed by atoms with Gasteiger partial charge in [-0.1, -0.05) is 18.2 Å². The Morgan fingerprint density at radius 3 is 2.92 bits per heavy atom. The molecule has 1 aliphatic rings. The molecule has 0 fully saturated rings. The van der Waals surface area contributed by atoms with Gasteiger partial charge >= 0.3 is 0 Å². The maximum Gasteiger partial charge on any atom is 0.270 e. The van der Waals surface area contributed by atoms with E-state index in [0.29, 0.717) is 12.2 Å². The minimum Gasteiger partial charge on any atom is -0.497 e. The number of aromatic nitrogens is 1. The Hall–Kier alpha value is -2.95. The van der Waals surface area contributed by atoms with E-state index in [2.05, 4.69) is 11.1 Å². The molecule has 0 radical (unpaired) electrons. The molecule has 2 heterocycles. The van der Waals surface area contributed by atoms with Crippen LogP contribution in [-0.2, 0) is 6.42 Å². The molecule has 1 aromatic heterocycles. The van der Waals surface area contributed by atoms with Crippen LogP contribution in [0.1, 0.15) is 16.1 Å². The molecule has 0 spiro atoms. The third-order valence-corrected chi connectivity index (χ3v) is 4.60. The Morgan fingerprint density at radius 2 is 2.12 bits per heavy atom. The topological polar surface area (TPSA) is 54.6 Å². The second-order valence-electron chi connectivity index (χ2n) is 6.37. The van der Waals surface area contributed by atoms with Gasteiger partial charge in [0, 0.05) is 24.4 Å². The molecule has 0 saturated heterocycles. The van der Waals surface area contributed by atoms with Crippen molar-refractivity contribution in [2.75, 3.05) is 20.7 Å². The SMILES string of the molecule is COc1ccc2[nH]c(C(=O)N(C)C[C@H]3Cc4ccccc4O3)cc2c1. The Bertz CT molecular complexity index is 907. The van der Waals surface area contributed by atoms with E-state index in [0.717, 1.165) is 28.8 Å². The monoisotopic (exact) mass is 336 g/mol. The highest BCUT2D eigenvalue weighted by atomic mass is 16.5. The van der Waals surface area contributed by atoms with Crippen molar-refractivity contribution in [1.29, 1.82) is 0 Å². The van der Waals surface area contributed by atoms with Gasteiger partial charge in [0.1, 0.15) is 23.3 Å². The number of likely N-dealkylation sites (N-methyl/N-ethyl adjacent to an activating group) is 1. The largest absolute Gasteiger partial charge is 0.497 e. The molecule has 1 N–H and O–H groups in total. The Morgan fingerprint density at radius 1 is 1.28 bits per heavy atom. The maximum atomic E-state index is 12.7. The highest BCUT2D eigenvalue weighted by molar-refractivity contribution is 5.98. The summed E-state index contributed by atoms with van der Waals surface area (Å²) in [6, 6.07) is 15.6. The Kier molecular flexibility index (Phi) is 3.84. The standard InChI is InChI=1S/C20H20N2O3/c1-22(12-16-9-13-5-3-4-6-19(13)25-16)20(23)18-11-14-10-15(24-2)7-8-17(14)21-18/h3-8,10-11,16,21H,9,12H2,1-2H3/t16-/m1/s1. The summed E-state index contributed by atoms with van der Waals surface area (Å²) in [6.07, 6.45) is 0.827. The van der Waals surface area contributed by atoms with Gasteiger partial charge in [0.15, 0.2) is 0 Å². The first-order valence-electron chi connectivity index (χ1n) is 8.31. The van der Waals surface area contributed by atoms with E-state index >= 15 is 0 Å². The van der Waals surface area contributed by atoms with Crippen LogP contribution < -0.4 is 9.47 Å². The smallest absolute Gasteiger partial charge is 0.270 e. The van der Waals surface area contributed by atoms with Crippen molar-refractivity contribution < 1.29 is 14.3 Å². The molecule has 3 aromatic rings. The van der Waals surface area contributed by atoms with Crippen molar-refractivity contribution in [2.24, 2.45) is 0 Å². The molecule has 5 nitrogen and oxygen atoms in total. The number of rotatable bonds is 4. The van der Waals surface area contributed by atoms with Crippen LogP contribution in [0.2, 0.25) is 0 Å². The number of amides is 1. The van der Waals surface area contributed by atoms with Gasteiger partial charge in [-0.05, 0) is 35.9 Å². The molecule has 25 heavy (non-hydrogen) atoms. The number of carbonyl (C=O) groups excluding carboxylic acids is 1. The molecule has 0 unspecified atom stereocenters. The summed E-state index contributed by atoms with van der Waals surface area (Å²) in [7, 11) is 3.44. The molecule has 0 bridgehead atoms. The highest BCUT2D eigenvalue weighted by Crippen LogP contribution is 2.28. The molecule has 1 atom stereocenters. The van der Waals surface area contributed by atoms with Crippen LogP contribution in [0.5, 0.6) is 11.5 Å². The fraction of sp³-hybridized carbons (Fsp3) is 0.250. The highest BCUT2D eigenvalue weighted by Gasteiger charge is 2.26. The molecule has 1 amide bonds. The van der Waals surface area contributed by atoms with Gasteiger partial charge in [0.2, 0.25) is 0 Å². The van der Waals surface area contributed by atoms with Gasteiger partial charge in [-0.15, -0.1) is 0 Å². The number of fused-ring (bicyclic) bond motifs is 2. The Balaban J connectivity index is 1.47. The van der Waals surface area contributed by atoms with Gasteiger partial charge in [-0.25, -0.2) is 0 Å². The number of ether oxygens (including phenoxy) is 2. The molecule has 0 aliphatic carbocycles. The minimum absolute atomic E-state index is 0.00387. The average molecular weight is 336 g/mol. The lowest BCUT2D eigenvalue weighted by atomic mass is 10.1. The number of H-pyrrole nitrogens is 1. The maximum absolute atomic E-state index is 12.7. The predicted octanol–water partition coefficient (Wildman–Crippen LogP) is 3.25. The summed E-state index contributed by atoms with van der Waals surface area (Å²) >= 11 is 0. The van der Waals surface area contributed by atoms with Crippen molar-refractivity contribution in [1.82, 2.24) is 9.88 Å².